The van der Waals surface area contributed by atoms with Crippen LogP contribution in [0.4, 0.5) is 10.2 Å². The highest BCUT2D eigenvalue weighted by atomic mass is 19.1. The number of H-pyrrole nitrogens is 1. The van der Waals surface area contributed by atoms with Crippen LogP contribution in [0.5, 0.6) is 0 Å². The minimum Gasteiger partial charge on any atom is -0.385 e. The number of halogens is 1. The summed E-state index contributed by atoms with van der Waals surface area (Å²) >= 11 is 0. The molecule has 1 heterocycles. The molecule has 0 spiro atoms. The van der Waals surface area contributed by atoms with Crippen molar-refractivity contribution in [3.05, 3.63) is 62.6 Å². The first-order valence-corrected chi connectivity index (χ1v) is 4.91. The zero-order valence-corrected chi connectivity index (χ0v) is 8.81. The van der Waals surface area contributed by atoms with Gasteiger partial charge in [-0.15, -0.1) is 0 Å². The maximum atomic E-state index is 13.4. The molecule has 0 unspecified atom stereocenters. The molecular formula is C11H10FN3O2. The topological polar surface area (TPSA) is 80.9 Å². The lowest BCUT2D eigenvalue weighted by atomic mass is 10.2. The van der Waals surface area contributed by atoms with Crippen LogP contribution < -0.4 is 17.0 Å². The maximum Gasteiger partial charge on any atom is 0.330 e. The van der Waals surface area contributed by atoms with E-state index in [0.29, 0.717) is 5.56 Å². The first kappa shape index (κ1) is 11.1. The Balaban J connectivity index is 2.48. The number of nitrogen functional groups attached to an aromatic ring is 1. The number of aromatic nitrogens is 2. The summed E-state index contributed by atoms with van der Waals surface area (Å²) in [5.41, 5.74) is 4.64. The summed E-state index contributed by atoms with van der Waals surface area (Å²) in [6.45, 7) is -0.0197. The van der Waals surface area contributed by atoms with E-state index in [-0.39, 0.29) is 12.4 Å². The van der Waals surface area contributed by atoms with Crippen molar-refractivity contribution in [3.63, 3.8) is 0 Å². The van der Waals surface area contributed by atoms with Gasteiger partial charge in [0, 0.05) is 11.6 Å². The van der Waals surface area contributed by atoms with Gasteiger partial charge in [0.15, 0.2) is 0 Å². The molecule has 6 heteroatoms. The van der Waals surface area contributed by atoms with E-state index in [9.17, 15) is 14.0 Å². The summed E-state index contributed by atoms with van der Waals surface area (Å²) in [6.07, 6.45) is 0. The highest BCUT2D eigenvalue weighted by molar-refractivity contribution is 5.28. The number of nitrogens with two attached hydrogens (primary N) is 1. The van der Waals surface area contributed by atoms with E-state index in [2.05, 4.69) is 4.98 Å². The van der Waals surface area contributed by atoms with Crippen molar-refractivity contribution in [1.29, 1.82) is 0 Å². The lowest BCUT2D eigenvalue weighted by Crippen LogP contribution is -2.31. The Labute approximate surface area is 95.3 Å². The van der Waals surface area contributed by atoms with E-state index >= 15 is 0 Å². The van der Waals surface area contributed by atoms with Gasteiger partial charge in [0.05, 0.1) is 6.54 Å². The molecule has 0 saturated carbocycles. The van der Waals surface area contributed by atoms with Crippen molar-refractivity contribution in [2.45, 2.75) is 6.54 Å². The second-order valence-corrected chi connectivity index (χ2v) is 3.54. The molecular weight excluding hydrogens is 225 g/mol. The fourth-order valence-corrected chi connectivity index (χ4v) is 1.50. The minimum atomic E-state index is -0.654. The summed E-state index contributed by atoms with van der Waals surface area (Å²) in [7, 11) is 0. The third kappa shape index (κ3) is 2.25. The molecule has 0 fully saturated rings. The van der Waals surface area contributed by atoms with Gasteiger partial charge >= 0.3 is 5.69 Å². The summed E-state index contributed by atoms with van der Waals surface area (Å²) < 4.78 is 14.5. The molecule has 17 heavy (non-hydrogen) atoms. The molecule has 0 atom stereocenters. The second-order valence-electron chi connectivity index (χ2n) is 3.54. The molecule has 1 aromatic heterocycles. The van der Waals surface area contributed by atoms with Crippen molar-refractivity contribution in [2.24, 2.45) is 0 Å². The molecule has 0 bridgehead atoms. The molecule has 0 aliphatic rings. The van der Waals surface area contributed by atoms with Crippen LogP contribution in [0.3, 0.4) is 0 Å². The molecule has 0 amide bonds. The average molecular weight is 235 g/mol. The number of hydrogen-bond donors (Lipinski definition) is 2. The van der Waals surface area contributed by atoms with E-state index in [1.807, 2.05) is 0 Å². The van der Waals surface area contributed by atoms with E-state index in [1.54, 1.807) is 18.2 Å². The molecule has 5 nitrogen and oxygen atoms in total. The fourth-order valence-electron chi connectivity index (χ4n) is 1.50. The van der Waals surface area contributed by atoms with Crippen LogP contribution >= 0.6 is 0 Å². The van der Waals surface area contributed by atoms with Gasteiger partial charge in [-0.1, -0.05) is 18.2 Å². The standard InChI is InChI=1S/C11H10FN3O2/c12-8-4-2-1-3-7(8)6-15-9(13)5-10(16)14-11(15)17/h1-5H,6,13H2,(H,14,16,17). The lowest BCUT2D eigenvalue weighted by Gasteiger charge is -2.08. The zero-order valence-electron chi connectivity index (χ0n) is 8.81. The lowest BCUT2D eigenvalue weighted by molar-refractivity contribution is 0.594. The molecule has 2 aromatic rings. The van der Waals surface area contributed by atoms with Crippen molar-refractivity contribution >= 4 is 5.82 Å². The van der Waals surface area contributed by atoms with Crippen LogP contribution in [0, 0.1) is 5.82 Å². The van der Waals surface area contributed by atoms with Crippen LogP contribution in [-0.4, -0.2) is 9.55 Å². The van der Waals surface area contributed by atoms with Gasteiger partial charge in [-0.25, -0.2) is 9.18 Å². The molecule has 0 aliphatic heterocycles. The van der Waals surface area contributed by atoms with Gasteiger partial charge in [-0.3, -0.25) is 14.3 Å². The molecule has 3 N–H and O–H groups in total. The van der Waals surface area contributed by atoms with Gasteiger partial charge in [-0.2, -0.15) is 0 Å². The Bertz CT molecular complexity index is 660. The summed E-state index contributed by atoms with van der Waals surface area (Å²) in [5.74, 6) is -0.424. The Hall–Kier alpha value is -2.37. The molecule has 0 radical (unpaired) electrons. The van der Waals surface area contributed by atoms with Gasteiger partial charge < -0.3 is 5.73 Å². The number of nitrogens with zero attached hydrogens (tertiary/aromatic N) is 1. The summed E-state index contributed by atoms with van der Waals surface area (Å²) in [5, 5.41) is 0. The third-order valence-electron chi connectivity index (χ3n) is 2.35. The van der Waals surface area contributed by atoms with Crippen LogP contribution in [0.15, 0.2) is 39.9 Å². The Morgan fingerprint density at radius 1 is 1.29 bits per heavy atom. The number of aromatic amines is 1. The third-order valence-corrected chi connectivity index (χ3v) is 2.35. The van der Waals surface area contributed by atoms with E-state index < -0.39 is 17.1 Å². The van der Waals surface area contributed by atoms with Crippen LogP contribution in [0.2, 0.25) is 0 Å². The van der Waals surface area contributed by atoms with Crippen molar-refractivity contribution in [3.8, 4) is 0 Å². The minimum absolute atomic E-state index is 0.00185. The Kier molecular flexibility index (Phi) is 2.78. The fraction of sp³-hybridized carbons (Fsp3) is 0.0909. The first-order valence-electron chi connectivity index (χ1n) is 4.91. The van der Waals surface area contributed by atoms with E-state index in [4.69, 9.17) is 5.73 Å². The maximum absolute atomic E-state index is 13.4. The molecule has 0 aliphatic carbocycles. The zero-order chi connectivity index (χ0) is 12.4. The Morgan fingerprint density at radius 3 is 2.65 bits per heavy atom. The number of anilines is 1. The van der Waals surface area contributed by atoms with Crippen molar-refractivity contribution in [1.82, 2.24) is 9.55 Å². The van der Waals surface area contributed by atoms with Gasteiger partial charge in [0.1, 0.15) is 11.6 Å². The molecule has 1 aromatic carbocycles. The smallest absolute Gasteiger partial charge is 0.330 e. The van der Waals surface area contributed by atoms with Crippen LogP contribution in [0.25, 0.3) is 0 Å². The highest BCUT2D eigenvalue weighted by Crippen LogP contribution is 2.08. The SMILES string of the molecule is Nc1cc(=O)[nH]c(=O)n1Cc1ccccc1F. The number of benzene rings is 1. The number of nitrogens with one attached hydrogen (secondary N) is 1. The summed E-state index contributed by atoms with van der Waals surface area (Å²) in [6, 6.07) is 7.14. The van der Waals surface area contributed by atoms with E-state index in [0.717, 1.165) is 10.6 Å². The molecule has 2 rings (SSSR count). The van der Waals surface area contributed by atoms with Crippen molar-refractivity contribution < 1.29 is 4.39 Å². The average Bonchev–Trinajstić information content (AvgIpc) is 2.25. The molecule has 88 valence electrons. The largest absolute Gasteiger partial charge is 0.385 e. The van der Waals surface area contributed by atoms with Crippen LogP contribution in [-0.2, 0) is 6.54 Å². The molecule has 0 saturated heterocycles. The first-order chi connectivity index (χ1) is 8.08. The van der Waals surface area contributed by atoms with Gasteiger partial charge in [-0.05, 0) is 6.07 Å². The number of rotatable bonds is 2. The summed E-state index contributed by atoms with van der Waals surface area (Å²) in [4.78, 5) is 24.5. The highest BCUT2D eigenvalue weighted by Gasteiger charge is 2.06. The van der Waals surface area contributed by atoms with Gasteiger partial charge in [0.2, 0.25) is 0 Å². The van der Waals surface area contributed by atoms with Crippen LogP contribution in [0.1, 0.15) is 5.56 Å². The number of hydrogen-bond acceptors (Lipinski definition) is 3. The predicted molar refractivity (Wildman–Crippen MR) is 61.2 cm³/mol. The Morgan fingerprint density at radius 2 is 2.00 bits per heavy atom. The quantitative estimate of drug-likeness (QED) is 0.785. The second kappa shape index (κ2) is 4.25. The van der Waals surface area contributed by atoms with Gasteiger partial charge in [0.25, 0.3) is 5.56 Å². The normalized spacial score (nSPS) is 10.4. The monoisotopic (exact) mass is 235 g/mol. The van der Waals surface area contributed by atoms with E-state index in [1.165, 1.54) is 6.07 Å². The predicted octanol–water partition coefficient (Wildman–Crippen LogP) is 0.306. The van der Waals surface area contributed by atoms with Crippen molar-refractivity contribution in [2.75, 3.05) is 5.73 Å².